The van der Waals surface area contributed by atoms with Crippen molar-refractivity contribution in [2.45, 2.75) is 37.9 Å². The van der Waals surface area contributed by atoms with Gasteiger partial charge < -0.3 is 20.4 Å². The second kappa shape index (κ2) is 9.39. The lowest BCUT2D eigenvalue weighted by Crippen LogP contribution is -2.68. The number of halogens is 3. The van der Waals surface area contributed by atoms with E-state index in [1.54, 1.807) is 42.5 Å². The minimum atomic E-state index is -4.50. The topological polar surface area (TPSA) is 96.3 Å². The fourth-order valence-corrected chi connectivity index (χ4v) is 5.59. The highest BCUT2D eigenvalue weighted by atomic mass is 19.4. The van der Waals surface area contributed by atoms with Gasteiger partial charge in [0.15, 0.2) is 0 Å². The van der Waals surface area contributed by atoms with Crippen molar-refractivity contribution in [3.05, 3.63) is 71.3 Å². The number of amides is 2. The van der Waals surface area contributed by atoms with Gasteiger partial charge in [-0.1, -0.05) is 42.0 Å². The number of alkyl halides is 3. The zero-order chi connectivity index (χ0) is 28.2. The number of benzene rings is 2. The van der Waals surface area contributed by atoms with Crippen molar-refractivity contribution in [1.29, 1.82) is 0 Å². The molecule has 10 heteroatoms. The molecule has 0 unspecified atom stereocenters. The molecule has 4 aromatic rings. The second-order valence-corrected chi connectivity index (χ2v) is 10.8. The summed E-state index contributed by atoms with van der Waals surface area (Å²) < 4.78 is 45.6. The van der Waals surface area contributed by atoms with Gasteiger partial charge in [0.1, 0.15) is 18.1 Å². The predicted octanol–water partition coefficient (Wildman–Crippen LogP) is 6.09. The van der Waals surface area contributed by atoms with Gasteiger partial charge in [0.05, 0.1) is 10.9 Å². The highest BCUT2D eigenvalue weighted by Gasteiger charge is 2.57. The molecule has 2 aromatic heterocycles. The number of pyridine rings is 1. The molecule has 3 fully saturated rings. The average Bonchev–Trinajstić information content (AvgIpc) is 3.26. The van der Waals surface area contributed by atoms with E-state index in [2.05, 4.69) is 20.9 Å². The Morgan fingerprint density at radius 2 is 1.75 bits per heavy atom. The van der Waals surface area contributed by atoms with Gasteiger partial charge in [0.2, 0.25) is 5.71 Å². The van der Waals surface area contributed by atoms with Crippen molar-refractivity contribution >= 4 is 28.7 Å². The number of nitrogens with zero attached hydrogens (tertiary/aromatic N) is 1. The van der Waals surface area contributed by atoms with E-state index in [0.29, 0.717) is 33.6 Å². The molecule has 0 aliphatic heterocycles. The van der Waals surface area contributed by atoms with E-state index in [1.807, 2.05) is 19.1 Å². The number of carbonyl (C=O) groups is 2. The zero-order valence-corrected chi connectivity index (χ0v) is 21.9. The summed E-state index contributed by atoms with van der Waals surface area (Å²) in [5, 5.41) is 8.45. The molecule has 3 N–H and O–H groups in total. The normalized spacial score (nSPS) is 19.5. The maximum absolute atomic E-state index is 13.2. The van der Waals surface area contributed by atoms with Crippen molar-refractivity contribution in [2.75, 3.05) is 18.9 Å². The molecular weight excluding hydrogens is 521 g/mol. The third kappa shape index (κ3) is 4.67. The van der Waals surface area contributed by atoms with Gasteiger partial charge in [-0.25, -0.2) is 0 Å². The Morgan fingerprint density at radius 1 is 1.02 bits per heavy atom. The van der Waals surface area contributed by atoms with Crippen LogP contribution in [0, 0.1) is 12.8 Å². The van der Waals surface area contributed by atoms with E-state index in [0.717, 1.165) is 24.8 Å². The van der Waals surface area contributed by atoms with Gasteiger partial charge in [0, 0.05) is 29.3 Å². The summed E-state index contributed by atoms with van der Waals surface area (Å²) >= 11 is 0. The Balaban J connectivity index is 1.47. The molecule has 3 saturated carbocycles. The number of carbonyl (C=O) groups excluding carboxylic acids is 2. The van der Waals surface area contributed by atoms with E-state index in [4.69, 9.17) is 4.42 Å². The zero-order valence-electron chi connectivity index (χ0n) is 21.9. The number of nitrogens with one attached hydrogen (secondary N) is 3. The first-order chi connectivity index (χ1) is 19.0. The molecule has 0 radical (unpaired) electrons. The van der Waals surface area contributed by atoms with E-state index < -0.39 is 18.6 Å². The van der Waals surface area contributed by atoms with Crippen LogP contribution in [-0.2, 0) is 0 Å². The molecule has 7 rings (SSSR count). The summed E-state index contributed by atoms with van der Waals surface area (Å²) in [5.74, 6) is 0.225. The largest absolute Gasteiger partial charge is 0.437 e. The molecule has 2 heterocycles. The lowest BCUT2D eigenvalue weighted by Gasteiger charge is -2.61. The molecule has 2 bridgehead atoms. The van der Waals surface area contributed by atoms with Gasteiger partial charge in [-0.2, -0.15) is 18.2 Å². The van der Waals surface area contributed by atoms with E-state index in [1.165, 1.54) is 7.05 Å². The molecule has 40 heavy (non-hydrogen) atoms. The van der Waals surface area contributed by atoms with Crippen LogP contribution in [0.5, 0.6) is 0 Å². The fourth-order valence-electron chi connectivity index (χ4n) is 5.59. The molecule has 7 nitrogen and oxygen atoms in total. The smallest absolute Gasteiger partial charge is 0.405 e. The monoisotopic (exact) mass is 548 g/mol. The third-order valence-electron chi connectivity index (χ3n) is 7.76. The molecule has 0 saturated heterocycles. The van der Waals surface area contributed by atoms with Crippen LogP contribution in [0.15, 0.2) is 59.0 Å². The van der Waals surface area contributed by atoms with Gasteiger partial charge in [-0.05, 0) is 55.9 Å². The van der Waals surface area contributed by atoms with Crippen LogP contribution in [0.1, 0.15) is 45.5 Å². The van der Waals surface area contributed by atoms with Crippen molar-refractivity contribution < 1.29 is 27.2 Å². The molecule has 2 aromatic carbocycles. The van der Waals surface area contributed by atoms with E-state index >= 15 is 0 Å². The first-order valence-electron chi connectivity index (χ1n) is 13.0. The predicted molar refractivity (Wildman–Crippen MR) is 145 cm³/mol. The summed E-state index contributed by atoms with van der Waals surface area (Å²) in [4.78, 5) is 30.5. The van der Waals surface area contributed by atoms with Gasteiger partial charge in [0.25, 0.3) is 11.8 Å². The Kier molecular flexibility index (Phi) is 6.08. The van der Waals surface area contributed by atoms with Crippen molar-refractivity contribution in [3.8, 4) is 22.5 Å². The van der Waals surface area contributed by atoms with Crippen LogP contribution >= 0.6 is 0 Å². The van der Waals surface area contributed by atoms with Crippen LogP contribution < -0.4 is 16.0 Å². The maximum Gasteiger partial charge on any atom is 0.405 e. The maximum atomic E-state index is 13.2. The standard InChI is InChI=1S/C30H27F3N4O3/c1-16-6-8-18(9-7-16)24-23(27(39)34-2)22-11-21(25(36-28(22)40-24)35-15-30(31,32)33)19-4-3-5-20(10-19)26(38)37-29-12-17(13-29)14-29/h3-11,17H,12-15H2,1-2H3,(H,34,39)(H,35,36)(H,37,38). The van der Waals surface area contributed by atoms with Crippen molar-refractivity contribution in [2.24, 2.45) is 5.92 Å². The summed E-state index contributed by atoms with van der Waals surface area (Å²) in [5.41, 5.74) is 2.92. The fraction of sp³-hybridized carbons (Fsp3) is 0.300. The Bertz CT molecular complexity index is 1630. The number of fused-ring (bicyclic) bond motifs is 1. The van der Waals surface area contributed by atoms with Crippen LogP contribution in [0.4, 0.5) is 19.0 Å². The van der Waals surface area contributed by atoms with Gasteiger partial charge in [-0.3, -0.25) is 9.59 Å². The van der Waals surface area contributed by atoms with Crippen molar-refractivity contribution in [1.82, 2.24) is 15.6 Å². The number of rotatable bonds is 7. The van der Waals surface area contributed by atoms with Gasteiger partial charge in [-0.15, -0.1) is 0 Å². The molecule has 206 valence electrons. The number of aryl methyl sites for hydroxylation is 1. The number of hydrogen-bond acceptors (Lipinski definition) is 5. The molecular formula is C30H27F3N4O3. The van der Waals surface area contributed by atoms with Crippen LogP contribution in [0.25, 0.3) is 33.6 Å². The van der Waals surface area contributed by atoms with E-state index in [9.17, 15) is 22.8 Å². The molecule has 2 amide bonds. The Hall–Kier alpha value is -4.34. The van der Waals surface area contributed by atoms with Crippen LogP contribution in [0.3, 0.4) is 0 Å². The SMILES string of the molecule is CNC(=O)c1c(-c2ccc(C)cc2)oc2nc(NCC(F)(F)F)c(-c3cccc(C(=O)NC45CC(C4)C5)c3)cc12. The number of aromatic nitrogens is 1. The Morgan fingerprint density at radius 3 is 2.38 bits per heavy atom. The van der Waals surface area contributed by atoms with Gasteiger partial charge >= 0.3 is 6.18 Å². The molecule has 0 spiro atoms. The minimum Gasteiger partial charge on any atom is -0.437 e. The lowest BCUT2D eigenvalue weighted by molar-refractivity contribution is -0.115. The second-order valence-electron chi connectivity index (χ2n) is 10.8. The highest BCUT2D eigenvalue weighted by Crippen LogP contribution is 2.57. The molecule has 3 aliphatic carbocycles. The molecule has 0 atom stereocenters. The quantitative estimate of drug-likeness (QED) is 0.260. The van der Waals surface area contributed by atoms with Crippen LogP contribution in [-0.4, -0.2) is 42.1 Å². The Labute approximate surface area is 228 Å². The lowest BCUT2D eigenvalue weighted by atomic mass is 9.50. The number of anilines is 1. The minimum absolute atomic E-state index is 0.0140. The van der Waals surface area contributed by atoms with E-state index in [-0.39, 0.29) is 34.3 Å². The number of furan rings is 1. The highest BCUT2D eigenvalue weighted by molar-refractivity contribution is 6.11. The average molecular weight is 549 g/mol. The first kappa shape index (κ1) is 25.9. The molecule has 3 aliphatic rings. The first-order valence-corrected chi connectivity index (χ1v) is 13.0. The summed E-state index contributed by atoms with van der Waals surface area (Å²) in [6.45, 7) is 0.605. The van der Waals surface area contributed by atoms with Crippen LogP contribution in [0.2, 0.25) is 0 Å². The summed E-state index contributed by atoms with van der Waals surface area (Å²) in [6, 6.07) is 15.6. The third-order valence-corrected chi connectivity index (χ3v) is 7.76. The summed E-state index contributed by atoms with van der Waals surface area (Å²) in [6.07, 6.45) is -1.55. The van der Waals surface area contributed by atoms with Crippen molar-refractivity contribution in [3.63, 3.8) is 0 Å². The summed E-state index contributed by atoms with van der Waals surface area (Å²) in [7, 11) is 1.49. The number of hydrogen-bond donors (Lipinski definition) is 3.